The van der Waals surface area contributed by atoms with E-state index in [2.05, 4.69) is 20.0 Å². The molecule has 4 heterocycles. The van der Waals surface area contributed by atoms with Gasteiger partial charge in [0.2, 0.25) is 0 Å². The molecule has 2 aliphatic heterocycles. The fraction of sp³-hybridized carbons (Fsp3) is 0.235. The molecule has 0 spiro atoms. The number of aliphatic imine (C=N–C) groups is 2. The number of hydrogen-bond acceptors (Lipinski definition) is 6. The molecule has 0 radical (unpaired) electrons. The van der Waals surface area contributed by atoms with E-state index < -0.39 is 0 Å². The predicted octanol–water partition coefficient (Wildman–Crippen LogP) is 2.25. The minimum Gasteiger partial charge on any atom is -0.311 e. The molecule has 3 aromatic rings. The van der Waals surface area contributed by atoms with Crippen LogP contribution in [0.4, 0.5) is 5.82 Å². The van der Waals surface area contributed by atoms with Crippen LogP contribution in [0.25, 0.3) is 16.9 Å². The monoisotopic (exact) mass is 317 g/mol. The van der Waals surface area contributed by atoms with Gasteiger partial charge in [0.15, 0.2) is 23.0 Å². The summed E-state index contributed by atoms with van der Waals surface area (Å²) in [5.74, 6) is 2.41. The maximum absolute atomic E-state index is 4.81. The maximum Gasteiger partial charge on any atom is 0.185 e. The van der Waals surface area contributed by atoms with E-state index in [1.807, 2.05) is 48.9 Å². The fourth-order valence-corrected chi connectivity index (χ4v) is 3.21. The van der Waals surface area contributed by atoms with E-state index >= 15 is 0 Å². The summed E-state index contributed by atoms with van der Waals surface area (Å²) in [4.78, 5) is 20.9. The Morgan fingerprint density at radius 3 is 2.71 bits per heavy atom. The first-order valence-corrected chi connectivity index (χ1v) is 7.93. The van der Waals surface area contributed by atoms with Crippen molar-refractivity contribution >= 4 is 28.7 Å². The molecule has 5 rings (SSSR count). The van der Waals surface area contributed by atoms with Crippen LogP contribution in [0, 0.1) is 6.92 Å². The zero-order chi connectivity index (χ0) is 16.3. The van der Waals surface area contributed by atoms with Crippen molar-refractivity contribution in [2.24, 2.45) is 9.98 Å². The third-order valence-corrected chi connectivity index (χ3v) is 4.36. The summed E-state index contributed by atoms with van der Waals surface area (Å²) in [6.07, 6.45) is 0. The maximum atomic E-state index is 4.81. The first kappa shape index (κ1) is 13.4. The quantitative estimate of drug-likeness (QED) is 0.690. The molecular weight excluding hydrogens is 302 g/mol. The number of hydrogen-bond donors (Lipinski definition) is 0. The molecule has 0 unspecified atom stereocenters. The number of aromatic nitrogens is 4. The summed E-state index contributed by atoms with van der Waals surface area (Å²) in [5.41, 5.74) is 4.08. The Bertz CT molecular complexity index is 1030. The highest BCUT2D eigenvalue weighted by Gasteiger charge is 2.30. The van der Waals surface area contributed by atoms with Gasteiger partial charge < -0.3 is 4.90 Å². The van der Waals surface area contributed by atoms with Gasteiger partial charge in [-0.05, 0) is 26.0 Å². The standard InChI is InChI=1S/C17H15N7/c1-10-13-17(24(22-10)12-6-4-3-5-7-12)21-15-14(20-13)16-18-8-9-23(16)11(2)19-15/h3-7H,8-9H2,1-2H3. The molecule has 2 aromatic heterocycles. The molecule has 0 amide bonds. The first-order valence-electron chi connectivity index (χ1n) is 7.93. The zero-order valence-corrected chi connectivity index (χ0v) is 13.4. The van der Waals surface area contributed by atoms with Crippen LogP contribution < -0.4 is 0 Å². The number of aryl methyl sites for hydroxylation is 1. The van der Waals surface area contributed by atoms with Crippen molar-refractivity contribution in [2.75, 3.05) is 13.1 Å². The number of para-hydroxylation sites is 1. The van der Waals surface area contributed by atoms with Crippen molar-refractivity contribution in [1.29, 1.82) is 0 Å². The summed E-state index contributed by atoms with van der Waals surface area (Å²) >= 11 is 0. The number of benzene rings is 1. The molecule has 0 saturated carbocycles. The molecule has 0 aliphatic carbocycles. The third kappa shape index (κ3) is 1.75. The number of amidine groups is 2. The first-order chi connectivity index (χ1) is 11.7. The summed E-state index contributed by atoms with van der Waals surface area (Å²) in [7, 11) is 0. The van der Waals surface area contributed by atoms with Crippen LogP contribution in [0.15, 0.2) is 40.3 Å². The molecule has 118 valence electrons. The molecule has 7 heteroatoms. The van der Waals surface area contributed by atoms with E-state index in [1.54, 1.807) is 0 Å². The van der Waals surface area contributed by atoms with Crippen molar-refractivity contribution in [3.05, 3.63) is 41.7 Å². The van der Waals surface area contributed by atoms with E-state index in [-0.39, 0.29) is 0 Å². The molecule has 0 N–H and O–H groups in total. The van der Waals surface area contributed by atoms with Crippen molar-refractivity contribution in [2.45, 2.75) is 13.8 Å². The lowest BCUT2D eigenvalue weighted by molar-refractivity contribution is 0.654. The lowest BCUT2D eigenvalue weighted by atomic mass is 10.2. The highest BCUT2D eigenvalue weighted by molar-refractivity contribution is 6.14. The Morgan fingerprint density at radius 2 is 1.88 bits per heavy atom. The minimum absolute atomic E-state index is 0.619. The summed E-state index contributed by atoms with van der Waals surface area (Å²) in [6.45, 7) is 5.56. The lowest BCUT2D eigenvalue weighted by Crippen LogP contribution is -2.36. The van der Waals surface area contributed by atoms with Gasteiger partial charge in [-0.2, -0.15) is 5.10 Å². The Labute approximate surface area is 138 Å². The third-order valence-electron chi connectivity index (χ3n) is 4.36. The molecule has 7 nitrogen and oxygen atoms in total. The van der Waals surface area contributed by atoms with Gasteiger partial charge in [0.1, 0.15) is 11.4 Å². The van der Waals surface area contributed by atoms with Gasteiger partial charge in [0, 0.05) is 6.54 Å². The van der Waals surface area contributed by atoms with Gasteiger partial charge in [-0.3, -0.25) is 4.99 Å². The Balaban J connectivity index is 1.80. The molecule has 2 aliphatic rings. The Kier molecular flexibility index (Phi) is 2.62. The van der Waals surface area contributed by atoms with E-state index in [9.17, 15) is 0 Å². The van der Waals surface area contributed by atoms with Crippen LogP contribution in [0.1, 0.15) is 18.3 Å². The van der Waals surface area contributed by atoms with Gasteiger partial charge in [-0.1, -0.05) is 18.2 Å². The highest BCUT2D eigenvalue weighted by atomic mass is 15.3. The highest BCUT2D eigenvalue weighted by Crippen LogP contribution is 2.29. The van der Waals surface area contributed by atoms with E-state index in [4.69, 9.17) is 9.97 Å². The van der Waals surface area contributed by atoms with Crippen molar-refractivity contribution < 1.29 is 0 Å². The van der Waals surface area contributed by atoms with Crippen LogP contribution in [-0.2, 0) is 0 Å². The van der Waals surface area contributed by atoms with Crippen LogP contribution >= 0.6 is 0 Å². The van der Waals surface area contributed by atoms with Crippen molar-refractivity contribution in [3.8, 4) is 5.69 Å². The second kappa shape index (κ2) is 4.70. The molecule has 0 saturated heterocycles. The van der Waals surface area contributed by atoms with Gasteiger partial charge in [-0.25, -0.2) is 19.6 Å². The molecule has 0 fully saturated rings. The van der Waals surface area contributed by atoms with Gasteiger partial charge in [0.05, 0.1) is 17.9 Å². The van der Waals surface area contributed by atoms with Crippen molar-refractivity contribution in [3.63, 3.8) is 0 Å². The van der Waals surface area contributed by atoms with E-state index in [1.165, 1.54) is 0 Å². The number of fused-ring (bicyclic) bond motifs is 4. The van der Waals surface area contributed by atoms with Crippen molar-refractivity contribution in [1.82, 2.24) is 24.6 Å². The topological polar surface area (TPSA) is 71.6 Å². The molecule has 0 bridgehead atoms. The average Bonchev–Trinajstić information content (AvgIpc) is 3.20. The Hall–Kier alpha value is -3.09. The average molecular weight is 317 g/mol. The van der Waals surface area contributed by atoms with Gasteiger partial charge >= 0.3 is 0 Å². The second-order valence-corrected chi connectivity index (χ2v) is 5.92. The number of nitrogens with zero attached hydrogens (tertiary/aromatic N) is 7. The predicted molar refractivity (Wildman–Crippen MR) is 92.3 cm³/mol. The van der Waals surface area contributed by atoms with Crippen LogP contribution in [0.5, 0.6) is 0 Å². The summed E-state index contributed by atoms with van der Waals surface area (Å²) in [6, 6.07) is 9.96. The largest absolute Gasteiger partial charge is 0.311 e. The van der Waals surface area contributed by atoms with Crippen LogP contribution in [-0.4, -0.2) is 49.4 Å². The molecular formula is C17H15N7. The molecule has 0 atom stereocenters. The van der Waals surface area contributed by atoms with E-state index in [0.29, 0.717) is 5.82 Å². The van der Waals surface area contributed by atoms with Crippen LogP contribution in [0.3, 0.4) is 0 Å². The normalized spacial score (nSPS) is 16.0. The summed E-state index contributed by atoms with van der Waals surface area (Å²) in [5, 5.41) is 4.63. The minimum atomic E-state index is 0.619. The Morgan fingerprint density at radius 1 is 1.04 bits per heavy atom. The fourth-order valence-electron chi connectivity index (χ4n) is 3.21. The summed E-state index contributed by atoms with van der Waals surface area (Å²) < 4.78 is 1.83. The second-order valence-electron chi connectivity index (χ2n) is 5.92. The molecule has 1 aromatic carbocycles. The SMILES string of the molecule is CC1=Nc2nc3c(nc2C2=NCCN12)c(C)nn3-c1ccccc1. The molecule has 24 heavy (non-hydrogen) atoms. The zero-order valence-electron chi connectivity index (χ0n) is 13.4. The van der Waals surface area contributed by atoms with E-state index in [0.717, 1.165) is 53.0 Å². The number of rotatable bonds is 1. The van der Waals surface area contributed by atoms with Gasteiger partial charge in [-0.15, -0.1) is 0 Å². The smallest absolute Gasteiger partial charge is 0.185 e. The lowest BCUT2D eigenvalue weighted by Gasteiger charge is -2.23. The van der Waals surface area contributed by atoms with Gasteiger partial charge in [0.25, 0.3) is 0 Å². The van der Waals surface area contributed by atoms with Crippen LogP contribution in [0.2, 0.25) is 0 Å².